The van der Waals surface area contributed by atoms with E-state index in [2.05, 4.69) is 106 Å². The summed E-state index contributed by atoms with van der Waals surface area (Å²) in [6.45, 7) is 0. The number of benzene rings is 6. The van der Waals surface area contributed by atoms with Gasteiger partial charge in [0.25, 0.3) is 0 Å². The maximum Gasteiger partial charge on any atom is 0.0463 e. The van der Waals surface area contributed by atoms with E-state index in [1.54, 1.807) is 0 Å². The summed E-state index contributed by atoms with van der Waals surface area (Å²) >= 11 is 3.50. The highest BCUT2D eigenvalue weighted by molar-refractivity contribution is 9.10. The maximum atomic E-state index is 5.36. The molecule has 6 aromatic carbocycles. The Morgan fingerprint density at radius 1 is 0.457 bits per heavy atom. The number of anilines is 3. The van der Waals surface area contributed by atoms with Gasteiger partial charge in [-0.3, -0.25) is 0 Å². The standard InChI is InChI=1S/C16H13N.C10H7Br.C6H7N/c1-2-9-14(10-3-1)17-16-12-6-8-13-7-4-5-11-15(13)16;11-10-7-3-5-8-4-1-2-6-9(8)10;7-6-4-2-1-3-5-6/h1-12,17H;1-7H;1-5H,7H2. The Morgan fingerprint density at radius 3 is 1.54 bits per heavy atom. The Morgan fingerprint density at radius 2 is 0.943 bits per heavy atom. The van der Waals surface area contributed by atoms with Crippen LogP contribution in [0.4, 0.5) is 17.1 Å². The van der Waals surface area contributed by atoms with E-state index in [0.717, 1.165) is 21.5 Å². The first kappa shape index (κ1) is 24.1. The van der Waals surface area contributed by atoms with Crippen molar-refractivity contribution >= 4 is 54.5 Å². The zero-order chi connectivity index (χ0) is 24.3. The Bertz CT molecular complexity index is 1470. The average molecular weight is 519 g/mol. The van der Waals surface area contributed by atoms with E-state index in [1.165, 1.54) is 21.5 Å². The van der Waals surface area contributed by atoms with Crippen LogP contribution in [0.5, 0.6) is 0 Å². The Kier molecular flexibility index (Phi) is 8.52. The second kappa shape index (κ2) is 12.4. The number of hydrogen-bond donors (Lipinski definition) is 2. The number of halogens is 1. The van der Waals surface area contributed by atoms with Gasteiger partial charge in [0.15, 0.2) is 0 Å². The van der Waals surface area contributed by atoms with Crippen molar-refractivity contribution in [1.82, 2.24) is 0 Å². The van der Waals surface area contributed by atoms with Crippen molar-refractivity contribution in [2.45, 2.75) is 0 Å². The molecule has 0 aliphatic carbocycles. The molecular formula is C32H27BrN2. The quantitative estimate of drug-likeness (QED) is 0.224. The third-order valence-electron chi connectivity index (χ3n) is 5.38. The molecule has 0 aromatic heterocycles. The monoisotopic (exact) mass is 518 g/mol. The minimum Gasteiger partial charge on any atom is -0.399 e. The van der Waals surface area contributed by atoms with E-state index >= 15 is 0 Å². The third-order valence-corrected chi connectivity index (χ3v) is 6.07. The highest BCUT2D eigenvalue weighted by atomic mass is 79.9. The van der Waals surface area contributed by atoms with E-state index in [-0.39, 0.29) is 0 Å². The molecule has 0 amide bonds. The van der Waals surface area contributed by atoms with E-state index in [9.17, 15) is 0 Å². The molecule has 0 heterocycles. The Labute approximate surface area is 215 Å². The molecule has 3 N–H and O–H groups in total. The third kappa shape index (κ3) is 6.95. The summed E-state index contributed by atoms with van der Waals surface area (Å²) in [5.74, 6) is 0. The van der Waals surface area contributed by atoms with E-state index in [0.29, 0.717) is 0 Å². The van der Waals surface area contributed by atoms with Crippen LogP contribution < -0.4 is 11.1 Å². The topological polar surface area (TPSA) is 38.0 Å². The molecule has 0 fully saturated rings. The summed E-state index contributed by atoms with van der Waals surface area (Å²) in [5, 5.41) is 8.51. The van der Waals surface area contributed by atoms with Gasteiger partial charge < -0.3 is 11.1 Å². The molecule has 0 aliphatic heterocycles. The fraction of sp³-hybridized carbons (Fsp3) is 0. The van der Waals surface area contributed by atoms with Crippen molar-refractivity contribution in [2.75, 3.05) is 11.1 Å². The number of para-hydroxylation sites is 2. The van der Waals surface area contributed by atoms with Crippen LogP contribution >= 0.6 is 15.9 Å². The van der Waals surface area contributed by atoms with Crippen molar-refractivity contribution in [2.24, 2.45) is 0 Å². The molecule has 35 heavy (non-hydrogen) atoms. The lowest BCUT2D eigenvalue weighted by Crippen LogP contribution is -1.90. The summed E-state index contributed by atoms with van der Waals surface area (Å²) < 4.78 is 1.16. The zero-order valence-electron chi connectivity index (χ0n) is 19.3. The summed E-state index contributed by atoms with van der Waals surface area (Å²) in [5.41, 5.74) is 8.44. The van der Waals surface area contributed by atoms with Crippen LogP contribution in [0.3, 0.4) is 0 Å². The van der Waals surface area contributed by atoms with Crippen LogP contribution in [0, 0.1) is 0 Å². The molecule has 0 bridgehead atoms. The van der Waals surface area contributed by atoms with Crippen molar-refractivity contribution in [1.29, 1.82) is 0 Å². The van der Waals surface area contributed by atoms with Gasteiger partial charge >= 0.3 is 0 Å². The van der Waals surface area contributed by atoms with Crippen LogP contribution in [0.2, 0.25) is 0 Å². The highest BCUT2D eigenvalue weighted by Crippen LogP contribution is 2.26. The molecule has 0 atom stereocenters. The summed E-state index contributed by atoms with van der Waals surface area (Å²) in [7, 11) is 0. The molecular weight excluding hydrogens is 492 g/mol. The van der Waals surface area contributed by atoms with Gasteiger partial charge in [-0.25, -0.2) is 0 Å². The number of nitrogens with one attached hydrogen (secondary N) is 1. The zero-order valence-corrected chi connectivity index (χ0v) is 20.9. The fourth-order valence-electron chi connectivity index (χ4n) is 3.65. The van der Waals surface area contributed by atoms with Crippen LogP contribution in [-0.2, 0) is 0 Å². The van der Waals surface area contributed by atoms with Crippen LogP contribution in [0.25, 0.3) is 21.5 Å². The maximum absolute atomic E-state index is 5.36. The first-order valence-electron chi connectivity index (χ1n) is 11.4. The number of nitrogen functional groups attached to an aromatic ring is 1. The lowest BCUT2D eigenvalue weighted by atomic mass is 10.1. The largest absolute Gasteiger partial charge is 0.399 e. The van der Waals surface area contributed by atoms with Gasteiger partial charge in [0.1, 0.15) is 0 Å². The van der Waals surface area contributed by atoms with Gasteiger partial charge in [0.05, 0.1) is 0 Å². The van der Waals surface area contributed by atoms with Gasteiger partial charge in [-0.2, -0.15) is 0 Å². The fourth-order valence-corrected chi connectivity index (χ4v) is 4.16. The van der Waals surface area contributed by atoms with Crippen LogP contribution in [-0.4, -0.2) is 0 Å². The molecule has 172 valence electrons. The molecule has 0 radical (unpaired) electrons. The normalized spacial score (nSPS) is 9.97. The van der Waals surface area contributed by atoms with Gasteiger partial charge in [0, 0.05) is 26.9 Å². The smallest absolute Gasteiger partial charge is 0.0463 e. The Hall–Kier alpha value is -4.08. The number of fused-ring (bicyclic) bond motifs is 2. The first-order valence-corrected chi connectivity index (χ1v) is 12.2. The minimum atomic E-state index is 0.822. The van der Waals surface area contributed by atoms with Crippen molar-refractivity contribution in [3.05, 3.63) is 150 Å². The SMILES string of the molecule is Brc1cccc2ccccc12.Nc1ccccc1.c1ccc(Nc2cccc3ccccc23)cc1. The number of rotatable bonds is 2. The van der Waals surface area contributed by atoms with Crippen molar-refractivity contribution in [3.63, 3.8) is 0 Å². The van der Waals surface area contributed by atoms with Gasteiger partial charge in [-0.1, -0.05) is 125 Å². The number of nitrogens with two attached hydrogens (primary N) is 1. The first-order chi connectivity index (χ1) is 17.2. The molecule has 2 nitrogen and oxygen atoms in total. The van der Waals surface area contributed by atoms with Gasteiger partial charge in [-0.05, 0) is 52.6 Å². The van der Waals surface area contributed by atoms with E-state index in [1.807, 2.05) is 60.7 Å². The predicted molar refractivity (Wildman–Crippen MR) is 156 cm³/mol. The molecule has 6 rings (SSSR count). The lowest BCUT2D eigenvalue weighted by Gasteiger charge is -2.09. The van der Waals surface area contributed by atoms with Crippen LogP contribution in [0.15, 0.2) is 150 Å². The molecule has 3 heteroatoms. The van der Waals surface area contributed by atoms with Gasteiger partial charge in [0.2, 0.25) is 0 Å². The second-order valence-electron chi connectivity index (χ2n) is 7.89. The molecule has 0 saturated heterocycles. The molecule has 0 saturated carbocycles. The van der Waals surface area contributed by atoms with Crippen molar-refractivity contribution < 1.29 is 0 Å². The predicted octanol–water partition coefficient (Wildman–Crippen LogP) is 9.45. The minimum absolute atomic E-state index is 0.822. The lowest BCUT2D eigenvalue weighted by molar-refractivity contribution is 1.58. The molecule has 6 aromatic rings. The van der Waals surface area contributed by atoms with Crippen molar-refractivity contribution in [3.8, 4) is 0 Å². The average Bonchev–Trinajstić information content (AvgIpc) is 2.91. The van der Waals surface area contributed by atoms with Gasteiger partial charge in [-0.15, -0.1) is 0 Å². The molecule has 0 aliphatic rings. The summed E-state index contributed by atoms with van der Waals surface area (Å²) in [4.78, 5) is 0. The highest BCUT2D eigenvalue weighted by Gasteiger charge is 1.99. The molecule has 0 unspecified atom stereocenters. The second-order valence-corrected chi connectivity index (χ2v) is 8.74. The molecule has 0 spiro atoms. The van der Waals surface area contributed by atoms with Crippen LogP contribution in [0.1, 0.15) is 0 Å². The Balaban J connectivity index is 0.000000137. The van der Waals surface area contributed by atoms with E-state index < -0.39 is 0 Å². The summed E-state index contributed by atoms with van der Waals surface area (Å²) in [6, 6.07) is 49.0. The van der Waals surface area contributed by atoms with E-state index in [4.69, 9.17) is 5.73 Å². The summed E-state index contributed by atoms with van der Waals surface area (Å²) in [6.07, 6.45) is 0. The number of hydrogen-bond acceptors (Lipinski definition) is 2.